The molecular formula is C14H24BN2O5. The molecule has 1 amide bonds. The lowest BCUT2D eigenvalue weighted by atomic mass is 9.78. The topological polar surface area (TPSA) is 99.1 Å². The quantitative estimate of drug-likeness (QED) is 0.467. The first-order valence-electron chi connectivity index (χ1n) is 7.94. The van der Waals surface area contributed by atoms with E-state index in [2.05, 4.69) is 5.32 Å². The fourth-order valence-electron chi connectivity index (χ4n) is 3.79. The molecule has 0 aromatic heterocycles. The molecule has 2 aliphatic rings. The molecule has 0 aromatic rings. The van der Waals surface area contributed by atoms with Gasteiger partial charge >= 0.3 is 12.1 Å². The molecule has 7 nitrogen and oxygen atoms in total. The Morgan fingerprint density at radius 3 is 2.86 bits per heavy atom. The van der Waals surface area contributed by atoms with Crippen molar-refractivity contribution in [3.05, 3.63) is 0 Å². The molecule has 2 heterocycles. The molecular weight excluding hydrogens is 287 g/mol. The van der Waals surface area contributed by atoms with E-state index in [1.807, 2.05) is 0 Å². The number of amides is 1. The summed E-state index contributed by atoms with van der Waals surface area (Å²) in [6.07, 6.45) is 2.88. The van der Waals surface area contributed by atoms with Crippen molar-refractivity contribution in [2.45, 2.75) is 50.5 Å². The van der Waals surface area contributed by atoms with E-state index < -0.39 is 11.5 Å². The van der Waals surface area contributed by atoms with Crippen LogP contribution in [-0.4, -0.2) is 65.9 Å². The highest BCUT2D eigenvalue weighted by molar-refractivity contribution is 6.25. The number of nitrogens with zero attached hydrogens (tertiary/aromatic N) is 1. The Balaban J connectivity index is 2.05. The van der Waals surface area contributed by atoms with Gasteiger partial charge in [-0.3, -0.25) is 10.1 Å². The van der Waals surface area contributed by atoms with Crippen molar-refractivity contribution in [2.24, 2.45) is 5.92 Å². The minimum Gasteiger partial charge on any atom is -0.480 e. The molecule has 0 saturated carbocycles. The predicted molar refractivity (Wildman–Crippen MR) is 80.6 cm³/mol. The molecule has 123 valence electrons. The van der Waals surface area contributed by atoms with Crippen LogP contribution in [0.2, 0.25) is 6.32 Å². The summed E-state index contributed by atoms with van der Waals surface area (Å²) in [5.41, 5.74) is -0.971. The molecule has 3 N–H and O–H groups in total. The van der Waals surface area contributed by atoms with Gasteiger partial charge in [0, 0.05) is 19.0 Å². The second-order valence-electron chi connectivity index (χ2n) is 5.94. The molecule has 3 atom stereocenters. The number of rotatable bonds is 7. The zero-order valence-electron chi connectivity index (χ0n) is 13.0. The van der Waals surface area contributed by atoms with E-state index in [0.717, 1.165) is 20.3 Å². The SMILES string of the molecule is CCOC(=O)N1CC[C@H]2[C@@H]1CN[C@@]2(CCCC[B]O)C(=O)O. The molecule has 0 unspecified atom stereocenters. The van der Waals surface area contributed by atoms with Gasteiger partial charge in [0.05, 0.1) is 12.6 Å². The maximum absolute atomic E-state index is 12.0. The molecule has 8 heteroatoms. The summed E-state index contributed by atoms with van der Waals surface area (Å²) in [5.74, 6) is -0.939. The van der Waals surface area contributed by atoms with Crippen LogP contribution < -0.4 is 5.32 Å². The van der Waals surface area contributed by atoms with Gasteiger partial charge in [-0.05, 0) is 19.8 Å². The second-order valence-corrected chi connectivity index (χ2v) is 5.94. The Morgan fingerprint density at radius 2 is 2.23 bits per heavy atom. The molecule has 2 saturated heterocycles. The first-order chi connectivity index (χ1) is 10.6. The van der Waals surface area contributed by atoms with Crippen LogP contribution in [0.5, 0.6) is 0 Å². The zero-order chi connectivity index (χ0) is 16.2. The fourth-order valence-corrected chi connectivity index (χ4v) is 3.79. The number of hydrogen-bond acceptors (Lipinski definition) is 5. The van der Waals surface area contributed by atoms with Crippen LogP contribution in [0, 0.1) is 5.92 Å². The van der Waals surface area contributed by atoms with E-state index >= 15 is 0 Å². The summed E-state index contributed by atoms with van der Waals surface area (Å²) in [6, 6.07) is -0.112. The minimum atomic E-state index is -0.971. The molecule has 0 bridgehead atoms. The van der Waals surface area contributed by atoms with Gasteiger partial charge < -0.3 is 19.8 Å². The van der Waals surface area contributed by atoms with Gasteiger partial charge in [0.25, 0.3) is 7.48 Å². The average molecular weight is 311 g/mol. The van der Waals surface area contributed by atoms with Crippen molar-refractivity contribution in [3.63, 3.8) is 0 Å². The van der Waals surface area contributed by atoms with E-state index in [1.54, 1.807) is 11.8 Å². The number of carboxylic acids is 1. The lowest BCUT2D eigenvalue weighted by Crippen LogP contribution is -2.52. The summed E-state index contributed by atoms with van der Waals surface area (Å²) in [4.78, 5) is 25.5. The van der Waals surface area contributed by atoms with Crippen LogP contribution in [0.4, 0.5) is 4.79 Å². The van der Waals surface area contributed by atoms with E-state index in [1.165, 1.54) is 0 Å². The Morgan fingerprint density at radius 1 is 1.45 bits per heavy atom. The number of carbonyl (C=O) groups is 2. The largest absolute Gasteiger partial charge is 0.480 e. The lowest BCUT2D eigenvalue weighted by Gasteiger charge is -2.30. The number of carboxylic acid groups (broad SMARTS) is 1. The second kappa shape index (κ2) is 7.33. The summed E-state index contributed by atoms with van der Waals surface area (Å²) in [5, 5.41) is 21.6. The van der Waals surface area contributed by atoms with Gasteiger partial charge in [-0.15, -0.1) is 0 Å². The molecule has 0 aromatic carbocycles. The lowest BCUT2D eigenvalue weighted by molar-refractivity contribution is -0.146. The van der Waals surface area contributed by atoms with Crippen molar-refractivity contribution in [3.8, 4) is 0 Å². The summed E-state index contributed by atoms with van der Waals surface area (Å²) in [7, 11) is 1.11. The smallest absolute Gasteiger partial charge is 0.410 e. The third kappa shape index (κ3) is 3.08. The van der Waals surface area contributed by atoms with Gasteiger partial charge in [0.1, 0.15) is 5.54 Å². The third-order valence-corrected chi connectivity index (χ3v) is 4.84. The summed E-state index contributed by atoms with van der Waals surface area (Å²) in [6.45, 7) is 3.12. The summed E-state index contributed by atoms with van der Waals surface area (Å²) < 4.78 is 5.06. The first kappa shape index (κ1) is 17.1. The van der Waals surface area contributed by atoms with Crippen LogP contribution in [0.15, 0.2) is 0 Å². The Hall–Kier alpha value is -1.28. The predicted octanol–water partition coefficient (Wildman–Crippen LogP) is 0.460. The number of hydrogen-bond donors (Lipinski definition) is 3. The monoisotopic (exact) mass is 311 g/mol. The van der Waals surface area contributed by atoms with Crippen molar-refractivity contribution >= 4 is 19.5 Å². The van der Waals surface area contributed by atoms with E-state index in [4.69, 9.17) is 9.76 Å². The van der Waals surface area contributed by atoms with Gasteiger partial charge in [-0.25, -0.2) is 4.79 Å². The number of nitrogens with one attached hydrogen (secondary N) is 1. The highest BCUT2D eigenvalue weighted by Gasteiger charge is 2.58. The van der Waals surface area contributed by atoms with Gasteiger partial charge in [0.15, 0.2) is 0 Å². The molecule has 1 radical (unpaired) electrons. The van der Waals surface area contributed by atoms with Crippen molar-refractivity contribution < 1.29 is 24.5 Å². The number of carbonyl (C=O) groups excluding carboxylic acids is 1. The summed E-state index contributed by atoms with van der Waals surface area (Å²) >= 11 is 0. The molecule has 2 aliphatic heterocycles. The number of aliphatic carboxylic acids is 1. The van der Waals surface area contributed by atoms with E-state index in [0.29, 0.717) is 38.9 Å². The Bertz CT molecular complexity index is 422. The molecule has 2 rings (SSSR count). The van der Waals surface area contributed by atoms with Crippen LogP contribution in [0.3, 0.4) is 0 Å². The minimum absolute atomic E-state index is 0.0903. The molecule has 22 heavy (non-hydrogen) atoms. The van der Waals surface area contributed by atoms with E-state index in [9.17, 15) is 14.7 Å². The van der Waals surface area contributed by atoms with Gasteiger partial charge in [0.2, 0.25) is 0 Å². The Kier molecular flexibility index (Phi) is 5.69. The third-order valence-electron chi connectivity index (χ3n) is 4.84. The fraction of sp³-hybridized carbons (Fsp3) is 0.857. The van der Waals surface area contributed by atoms with Crippen LogP contribution in [0.25, 0.3) is 0 Å². The highest BCUT2D eigenvalue weighted by atomic mass is 16.6. The average Bonchev–Trinajstić information content (AvgIpc) is 3.05. The van der Waals surface area contributed by atoms with Gasteiger partial charge in [-0.2, -0.15) is 0 Å². The van der Waals surface area contributed by atoms with Crippen LogP contribution in [0.1, 0.15) is 32.6 Å². The molecule has 0 aliphatic carbocycles. The van der Waals surface area contributed by atoms with Crippen LogP contribution >= 0.6 is 0 Å². The van der Waals surface area contributed by atoms with Crippen LogP contribution in [-0.2, 0) is 9.53 Å². The number of fused-ring (bicyclic) bond motifs is 1. The van der Waals surface area contributed by atoms with Gasteiger partial charge in [-0.1, -0.05) is 19.2 Å². The number of likely N-dealkylation sites (tertiary alicyclic amines) is 1. The molecule has 0 spiro atoms. The maximum Gasteiger partial charge on any atom is 0.410 e. The number of unbranched alkanes of at least 4 members (excludes halogenated alkanes) is 1. The van der Waals surface area contributed by atoms with Crippen molar-refractivity contribution in [2.75, 3.05) is 19.7 Å². The zero-order valence-corrected chi connectivity index (χ0v) is 13.0. The molecule has 2 fully saturated rings. The van der Waals surface area contributed by atoms with E-state index in [-0.39, 0.29) is 18.1 Å². The Labute approximate surface area is 131 Å². The maximum atomic E-state index is 12.0. The number of ether oxygens (including phenoxy) is 1. The van der Waals surface area contributed by atoms with Crippen molar-refractivity contribution in [1.82, 2.24) is 10.2 Å². The standard InChI is InChI=1S/C14H24BN2O5/c1-2-22-13(20)17-8-5-10-11(17)9-16-14(10,12(18)19)6-3-4-7-15-21/h10-11,16,21H,2-9H2,1H3,(H,18,19)/t10-,11-,14+/m0/s1. The highest BCUT2D eigenvalue weighted by Crippen LogP contribution is 2.41. The normalized spacial score (nSPS) is 30.2. The van der Waals surface area contributed by atoms with Crippen molar-refractivity contribution in [1.29, 1.82) is 0 Å². The first-order valence-corrected chi connectivity index (χ1v) is 7.94.